The average molecular weight is 348 g/mol. The fourth-order valence-corrected chi connectivity index (χ4v) is 1.57. The summed E-state index contributed by atoms with van der Waals surface area (Å²) < 4.78 is 14.6. The number of halogens is 1. The molecular weight excluding hydrogens is 334 g/mol. The number of hydrogen-bond donors (Lipinski definition) is 0. The Morgan fingerprint density at radius 2 is 2.07 bits per heavy atom. The summed E-state index contributed by atoms with van der Waals surface area (Å²) in [5, 5.41) is 0. The molecule has 88 valence electrons. The summed E-state index contributed by atoms with van der Waals surface area (Å²) in [6, 6.07) is 0. The van der Waals surface area contributed by atoms with Crippen molar-refractivity contribution in [3.8, 4) is 0 Å². The quantitative estimate of drug-likeness (QED) is 0.208. The fraction of sp³-hybridized carbons (Fsp3) is 0.750. The molecule has 0 rings (SSSR count). The van der Waals surface area contributed by atoms with E-state index in [0.29, 0.717) is 19.7 Å². The van der Waals surface area contributed by atoms with Gasteiger partial charge in [-0.2, -0.15) is 0 Å². The predicted molar refractivity (Wildman–Crippen MR) is 65.4 cm³/mol. The first kappa shape index (κ1) is 15.2. The van der Waals surface area contributed by atoms with Crippen LogP contribution in [0.4, 0.5) is 0 Å². The van der Waals surface area contributed by atoms with E-state index in [1.165, 1.54) is 0 Å². The van der Waals surface area contributed by atoms with Crippen molar-refractivity contribution in [2.75, 3.05) is 26.4 Å². The molecule has 0 radical (unpaired) electrons. The van der Waals surface area contributed by atoms with E-state index in [4.69, 9.17) is 9.26 Å². The maximum atomic E-state index is 11.1. The average Bonchev–Trinajstić information content (AvgIpc) is 2.17. The number of carbonyl (C=O) groups is 2. The van der Waals surface area contributed by atoms with Crippen molar-refractivity contribution >= 4 is 40.2 Å². The van der Waals surface area contributed by atoms with E-state index >= 15 is 0 Å². The van der Waals surface area contributed by atoms with E-state index in [9.17, 15) is 9.59 Å². The van der Waals surface area contributed by atoms with Gasteiger partial charge in [0.15, 0.2) is 5.78 Å². The van der Waals surface area contributed by atoms with Crippen molar-refractivity contribution in [3.63, 3.8) is 0 Å². The Morgan fingerprint density at radius 3 is 2.67 bits per heavy atom. The molecule has 0 saturated carbocycles. The van der Waals surface area contributed by atoms with Crippen LogP contribution in [0, 0.1) is 0 Å². The van der Waals surface area contributed by atoms with Crippen molar-refractivity contribution in [3.05, 3.63) is 0 Å². The van der Waals surface area contributed by atoms with Crippen LogP contribution in [0.25, 0.3) is 0 Å². The van der Waals surface area contributed by atoms with Gasteiger partial charge in [-0.25, -0.2) is 0 Å². The molecule has 0 aromatic carbocycles. The van der Waals surface area contributed by atoms with Gasteiger partial charge in [-0.3, -0.25) is 9.59 Å². The number of rotatable bonds is 9. The summed E-state index contributed by atoms with van der Waals surface area (Å²) in [5.41, 5.74) is 0. The highest BCUT2D eigenvalue weighted by molar-refractivity contribution is 14.2. The molecular formula is C8H14IO5P. The van der Waals surface area contributed by atoms with E-state index in [2.05, 4.69) is 26.8 Å². The molecule has 0 saturated heterocycles. The summed E-state index contributed by atoms with van der Waals surface area (Å²) in [4.78, 5) is 22.0. The number of Topliss-reactive ketones (excluding diaryl/α,β-unsaturated/α-hetero) is 1. The van der Waals surface area contributed by atoms with Gasteiger partial charge in [0.2, 0.25) is 0 Å². The van der Waals surface area contributed by atoms with Gasteiger partial charge >= 0.3 is 5.97 Å². The molecule has 0 fully saturated rings. The Kier molecular flexibility index (Phi) is 10.9. The lowest BCUT2D eigenvalue weighted by Crippen LogP contribution is -2.16. The molecule has 0 heterocycles. The van der Waals surface area contributed by atoms with Crippen LogP contribution in [0.2, 0.25) is 0 Å². The standard InChI is InChI=1S/C8H14IO5P/c1-2-13-8(11)5-7(10)6-12-3-4-14-15-9/h15H,2-6H2,1H3. The van der Waals surface area contributed by atoms with E-state index in [1.54, 1.807) is 6.92 Å². The van der Waals surface area contributed by atoms with Gasteiger partial charge in [0.25, 0.3) is 0 Å². The molecule has 0 aliphatic heterocycles. The summed E-state index contributed by atoms with van der Waals surface area (Å²) in [6.07, 6.45) is -0.220. The molecule has 0 spiro atoms. The van der Waals surface area contributed by atoms with Gasteiger partial charge in [0.1, 0.15) is 13.0 Å². The number of carbonyl (C=O) groups excluding carboxylic acids is 2. The molecule has 0 aromatic rings. The predicted octanol–water partition coefficient (Wildman–Crippen LogP) is 1.49. The number of ketones is 1. The number of esters is 1. The van der Waals surface area contributed by atoms with Gasteiger partial charge in [0, 0.05) is 0 Å². The van der Waals surface area contributed by atoms with E-state index in [-0.39, 0.29) is 25.4 Å². The van der Waals surface area contributed by atoms with E-state index in [1.807, 2.05) is 0 Å². The number of hydrogen-bond acceptors (Lipinski definition) is 5. The zero-order valence-corrected chi connectivity index (χ0v) is 11.6. The van der Waals surface area contributed by atoms with Crippen molar-refractivity contribution < 1.29 is 23.6 Å². The molecule has 15 heavy (non-hydrogen) atoms. The summed E-state index contributed by atoms with van der Waals surface area (Å²) in [7, 11) is 0. The Hall–Kier alpha value is 0.220. The maximum absolute atomic E-state index is 11.1. The SMILES string of the molecule is CCOC(=O)CC(=O)COCCOPI. The molecule has 0 aliphatic carbocycles. The van der Waals surface area contributed by atoms with Crippen molar-refractivity contribution in [1.29, 1.82) is 0 Å². The first-order valence-corrected chi connectivity index (χ1v) is 8.45. The van der Waals surface area contributed by atoms with Crippen LogP contribution in [0.5, 0.6) is 0 Å². The molecule has 0 aromatic heterocycles. The molecule has 5 nitrogen and oxygen atoms in total. The second kappa shape index (κ2) is 10.7. The Morgan fingerprint density at radius 1 is 1.33 bits per heavy atom. The minimum absolute atomic E-state index is 0.0630. The Bertz CT molecular complexity index is 199. The third-order valence-corrected chi connectivity index (χ3v) is 2.54. The molecule has 0 aliphatic rings. The monoisotopic (exact) mass is 348 g/mol. The second-order valence-corrected chi connectivity index (χ2v) is 4.26. The van der Waals surface area contributed by atoms with E-state index in [0.717, 1.165) is 0 Å². The topological polar surface area (TPSA) is 61.8 Å². The molecule has 7 heteroatoms. The van der Waals surface area contributed by atoms with Crippen molar-refractivity contribution in [2.24, 2.45) is 0 Å². The molecule has 0 N–H and O–H groups in total. The fourth-order valence-electron chi connectivity index (χ4n) is 0.749. The van der Waals surface area contributed by atoms with Crippen LogP contribution in [0.1, 0.15) is 13.3 Å². The highest BCUT2D eigenvalue weighted by Gasteiger charge is 2.09. The van der Waals surface area contributed by atoms with Crippen LogP contribution >= 0.6 is 28.5 Å². The van der Waals surface area contributed by atoms with Crippen LogP contribution in [-0.4, -0.2) is 38.2 Å². The van der Waals surface area contributed by atoms with Gasteiger partial charge in [-0.05, 0) is 29.0 Å². The second-order valence-electron chi connectivity index (χ2n) is 2.50. The van der Waals surface area contributed by atoms with Gasteiger partial charge in [0.05, 0.1) is 26.3 Å². The third-order valence-electron chi connectivity index (χ3n) is 1.29. The lowest BCUT2D eigenvalue weighted by molar-refractivity contribution is -0.146. The van der Waals surface area contributed by atoms with Gasteiger partial charge < -0.3 is 14.0 Å². The summed E-state index contributed by atoms with van der Waals surface area (Å²) in [5.74, 6) is -0.776. The minimum Gasteiger partial charge on any atom is -0.466 e. The largest absolute Gasteiger partial charge is 0.466 e. The van der Waals surface area contributed by atoms with Crippen molar-refractivity contribution in [1.82, 2.24) is 0 Å². The van der Waals surface area contributed by atoms with Crippen molar-refractivity contribution in [2.45, 2.75) is 13.3 Å². The highest BCUT2D eigenvalue weighted by atomic mass is 127. The summed E-state index contributed by atoms with van der Waals surface area (Å²) >= 11 is 2.10. The Labute approximate surface area is 104 Å². The van der Waals surface area contributed by atoms with Crippen LogP contribution < -0.4 is 0 Å². The molecule has 0 amide bonds. The normalized spacial score (nSPS) is 10.8. The van der Waals surface area contributed by atoms with Crippen LogP contribution in [0.15, 0.2) is 0 Å². The molecule has 0 bridgehead atoms. The summed E-state index contributed by atoms with van der Waals surface area (Å²) in [6.45, 7) is 3.14. The van der Waals surface area contributed by atoms with E-state index < -0.39 is 5.97 Å². The van der Waals surface area contributed by atoms with Gasteiger partial charge in [-0.15, -0.1) is 0 Å². The zero-order chi connectivity index (χ0) is 11.5. The van der Waals surface area contributed by atoms with Crippen LogP contribution in [-0.2, 0) is 23.6 Å². The smallest absolute Gasteiger partial charge is 0.313 e. The molecule has 1 atom stereocenters. The lowest BCUT2D eigenvalue weighted by Gasteiger charge is -2.03. The highest BCUT2D eigenvalue weighted by Crippen LogP contribution is 2.20. The number of ether oxygens (including phenoxy) is 2. The maximum Gasteiger partial charge on any atom is 0.313 e. The molecule has 1 unspecified atom stereocenters. The minimum atomic E-state index is -0.504. The lowest BCUT2D eigenvalue weighted by atomic mass is 10.3. The Balaban J connectivity index is 3.37. The van der Waals surface area contributed by atoms with Gasteiger partial charge in [-0.1, -0.05) is 0 Å². The van der Waals surface area contributed by atoms with Crippen LogP contribution in [0.3, 0.4) is 0 Å². The first-order valence-electron chi connectivity index (χ1n) is 4.43. The third kappa shape index (κ3) is 10.5. The zero-order valence-electron chi connectivity index (χ0n) is 8.45. The first-order chi connectivity index (χ1) is 7.20.